The second-order valence-corrected chi connectivity index (χ2v) is 7.92. The molecule has 1 fully saturated rings. The molecule has 0 aliphatic carbocycles. The van der Waals surface area contributed by atoms with Gasteiger partial charge in [0.25, 0.3) is 5.91 Å². The van der Waals surface area contributed by atoms with E-state index in [0.29, 0.717) is 15.1 Å². The van der Waals surface area contributed by atoms with Crippen LogP contribution in [0.2, 0.25) is 5.02 Å². The SMILES string of the molecule is Cc1c(Cl)cccc1N=C1NC(=O)/C(=C\c2cc(C)n(-c3ccccc3)c2)S1. The summed E-state index contributed by atoms with van der Waals surface area (Å²) >= 11 is 7.49. The largest absolute Gasteiger partial charge is 0.321 e. The number of aromatic nitrogens is 1. The van der Waals surface area contributed by atoms with Crippen LogP contribution < -0.4 is 5.32 Å². The summed E-state index contributed by atoms with van der Waals surface area (Å²) in [5, 5.41) is 4.04. The average Bonchev–Trinajstić information content (AvgIpc) is 3.22. The van der Waals surface area contributed by atoms with Gasteiger partial charge >= 0.3 is 0 Å². The van der Waals surface area contributed by atoms with Crippen molar-refractivity contribution in [3.8, 4) is 5.69 Å². The molecule has 0 unspecified atom stereocenters. The topological polar surface area (TPSA) is 46.4 Å². The lowest BCUT2D eigenvalue weighted by molar-refractivity contribution is -0.115. The molecule has 1 aliphatic rings. The minimum atomic E-state index is -0.145. The zero-order chi connectivity index (χ0) is 19.7. The van der Waals surface area contributed by atoms with Gasteiger partial charge in [0.2, 0.25) is 0 Å². The predicted octanol–water partition coefficient (Wildman–Crippen LogP) is 5.64. The number of hydrogen-bond donors (Lipinski definition) is 1. The number of hydrogen-bond acceptors (Lipinski definition) is 3. The number of benzene rings is 2. The van der Waals surface area contributed by atoms with E-state index in [1.165, 1.54) is 11.8 Å². The van der Waals surface area contributed by atoms with E-state index in [1.807, 2.05) is 62.5 Å². The fraction of sp³-hybridized carbons (Fsp3) is 0.0909. The molecule has 0 spiro atoms. The van der Waals surface area contributed by atoms with Crippen molar-refractivity contribution in [1.29, 1.82) is 0 Å². The lowest BCUT2D eigenvalue weighted by atomic mass is 10.2. The normalized spacial score (nSPS) is 16.8. The molecule has 4 nitrogen and oxygen atoms in total. The van der Waals surface area contributed by atoms with Crippen LogP contribution in [0, 0.1) is 13.8 Å². The lowest BCUT2D eigenvalue weighted by Crippen LogP contribution is -2.19. The number of carbonyl (C=O) groups excluding carboxylic acids is 1. The third-order valence-electron chi connectivity index (χ3n) is 4.48. The van der Waals surface area contributed by atoms with E-state index < -0.39 is 0 Å². The van der Waals surface area contributed by atoms with Crippen molar-refractivity contribution in [2.75, 3.05) is 0 Å². The summed E-state index contributed by atoms with van der Waals surface area (Å²) in [6.45, 7) is 3.96. The third kappa shape index (κ3) is 3.77. The first-order chi connectivity index (χ1) is 13.5. The Balaban J connectivity index is 1.61. The maximum absolute atomic E-state index is 12.4. The first-order valence-electron chi connectivity index (χ1n) is 8.80. The number of halogens is 1. The molecular weight excluding hydrogens is 390 g/mol. The second kappa shape index (κ2) is 7.70. The zero-order valence-electron chi connectivity index (χ0n) is 15.4. The molecule has 1 aromatic heterocycles. The number of para-hydroxylation sites is 1. The minimum absolute atomic E-state index is 0.145. The van der Waals surface area contributed by atoms with Crippen LogP contribution in [0.15, 0.2) is 70.7 Å². The van der Waals surface area contributed by atoms with Gasteiger partial charge < -0.3 is 9.88 Å². The van der Waals surface area contributed by atoms with Gasteiger partial charge in [0, 0.05) is 22.6 Å². The highest BCUT2D eigenvalue weighted by molar-refractivity contribution is 8.18. The van der Waals surface area contributed by atoms with Crippen LogP contribution in [0.5, 0.6) is 0 Å². The highest BCUT2D eigenvalue weighted by Crippen LogP contribution is 2.31. The van der Waals surface area contributed by atoms with Crippen molar-refractivity contribution >= 4 is 46.2 Å². The van der Waals surface area contributed by atoms with Crippen molar-refractivity contribution in [3.63, 3.8) is 0 Å². The maximum atomic E-state index is 12.4. The van der Waals surface area contributed by atoms with E-state index in [9.17, 15) is 4.79 Å². The Kier molecular flexibility index (Phi) is 5.11. The summed E-state index contributed by atoms with van der Waals surface area (Å²) in [4.78, 5) is 17.5. The molecule has 0 radical (unpaired) electrons. The van der Waals surface area contributed by atoms with E-state index in [4.69, 9.17) is 11.6 Å². The van der Waals surface area contributed by atoms with Gasteiger partial charge in [0.05, 0.1) is 10.6 Å². The standard InChI is InChI=1S/C22H18ClN3OS/c1-14-11-16(13-26(14)17-7-4-3-5-8-17)12-20-21(27)25-22(28-20)24-19-10-6-9-18(23)15(19)2/h3-13H,1-2H3,(H,24,25,27)/b20-12+. The van der Waals surface area contributed by atoms with Gasteiger partial charge in [0.1, 0.15) is 0 Å². The molecule has 3 aromatic rings. The van der Waals surface area contributed by atoms with Crippen molar-refractivity contribution < 1.29 is 4.79 Å². The molecule has 28 heavy (non-hydrogen) atoms. The van der Waals surface area contributed by atoms with E-state index in [2.05, 4.69) is 33.1 Å². The second-order valence-electron chi connectivity index (χ2n) is 6.49. The molecule has 1 amide bonds. The summed E-state index contributed by atoms with van der Waals surface area (Å²) in [5.74, 6) is -0.145. The van der Waals surface area contributed by atoms with Crippen LogP contribution in [0.4, 0.5) is 5.69 Å². The van der Waals surface area contributed by atoms with Crippen LogP contribution in [-0.2, 0) is 4.79 Å². The number of rotatable bonds is 3. The highest BCUT2D eigenvalue weighted by Gasteiger charge is 2.24. The van der Waals surface area contributed by atoms with Crippen molar-refractivity contribution in [2.24, 2.45) is 4.99 Å². The highest BCUT2D eigenvalue weighted by atomic mass is 35.5. The number of amidine groups is 1. The van der Waals surface area contributed by atoms with Crippen LogP contribution in [0.25, 0.3) is 11.8 Å². The van der Waals surface area contributed by atoms with Gasteiger partial charge in [-0.1, -0.05) is 35.9 Å². The number of aryl methyl sites for hydroxylation is 1. The van der Waals surface area contributed by atoms with Gasteiger partial charge in [-0.25, -0.2) is 4.99 Å². The number of aliphatic imine (C=N–C) groups is 1. The van der Waals surface area contributed by atoms with Crippen molar-refractivity contribution in [1.82, 2.24) is 9.88 Å². The molecule has 1 aliphatic heterocycles. The number of amides is 1. The Labute approximate surface area is 172 Å². The number of carbonyl (C=O) groups is 1. The van der Waals surface area contributed by atoms with Crippen LogP contribution >= 0.6 is 23.4 Å². The smallest absolute Gasteiger partial charge is 0.264 e. The van der Waals surface area contributed by atoms with Crippen LogP contribution in [-0.4, -0.2) is 15.6 Å². The van der Waals surface area contributed by atoms with Gasteiger partial charge in [-0.05, 0) is 73.1 Å². The summed E-state index contributed by atoms with van der Waals surface area (Å²) in [6.07, 6.45) is 3.92. The summed E-state index contributed by atoms with van der Waals surface area (Å²) in [5.41, 5.74) is 4.80. The first kappa shape index (κ1) is 18.6. The quantitative estimate of drug-likeness (QED) is 0.571. The van der Waals surface area contributed by atoms with Gasteiger partial charge in [0.15, 0.2) is 5.17 Å². The summed E-state index contributed by atoms with van der Waals surface area (Å²) < 4.78 is 2.11. The van der Waals surface area contributed by atoms with Gasteiger partial charge in [-0.2, -0.15) is 0 Å². The summed E-state index contributed by atoms with van der Waals surface area (Å²) in [6, 6.07) is 17.7. The Morgan fingerprint density at radius 2 is 1.89 bits per heavy atom. The molecule has 0 saturated carbocycles. The monoisotopic (exact) mass is 407 g/mol. The Morgan fingerprint density at radius 1 is 1.11 bits per heavy atom. The van der Waals surface area contributed by atoms with E-state index in [1.54, 1.807) is 0 Å². The molecule has 4 rings (SSSR count). The molecule has 2 heterocycles. The zero-order valence-corrected chi connectivity index (χ0v) is 17.0. The molecule has 140 valence electrons. The maximum Gasteiger partial charge on any atom is 0.264 e. The number of nitrogens with one attached hydrogen (secondary N) is 1. The van der Waals surface area contributed by atoms with E-state index in [-0.39, 0.29) is 5.91 Å². The molecule has 0 atom stereocenters. The Hall–Kier alpha value is -2.76. The predicted molar refractivity (Wildman–Crippen MR) is 118 cm³/mol. The lowest BCUT2D eigenvalue weighted by Gasteiger charge is -2.04. The van der Waals surface area contributed by atoms with Crippen molar-refractivity contribution in [2.45, 2.75) is 13.8 Å². The third-order valence-corrected chi connectivity index (χ3v) is 5.80. The molecule has 2 aromatic carbocycles. The summed E-state index contributed by atoms with van der Waals surface area (Å²) in [7, 11) is 0. The van der Waals surface area contributed by atoms with Crippen LogP contribution in [0.3, 0.4) is 0 Å². The molecule has 1 saturated heterocycles. The fourth-order valence-corrected chi connectivity index (χ4v) is 4.01. The van der Waals surface area contributed by atoms with Crippen LogP contribution in [0.1, 0.15) is 16.8 Å². The minimum Gasteiger partial charge on any atom is -0.321 e. The molecule has 6 heteroatoms. The van der Waals surface area contributed by atoms with Gasteiger partial charge in [-0.3, -0.25) is 4.79 Å². The van der Waals surface area contributed by atoms with E-state index in [0.717, 1.165) is 28.2 Å². The average molecular weight is 408 g/mol. The molecule has 0 bridgehead atoms. The first-order valence-corrected chi connectivity index (χ1v) is 10.00. The van der Waals surface area contributed by atoms with E-state index >= 15 is 0 Å². The fourth-order valence-electron chi connectivity index (χ4n) is 3.00. The van der Waals surface area contributed by atoms with Crippen molar-refractivity contribution in [3.05, 3.63) is 87.5 Å². The number of nitrogens with zero attached hydrogens (tertiary/aromatic N) is 2. The Bertz CT molecular complexity index is 1120. The Morgan fingerprint density at radius 3 is 2.68 bits per heavy atom. The molecule has 1 N–H and O–H groups in total. The number of thioether (sulfide) groups is 1. The van der Waals surface area contributed by atoms with Gasteiger partial charge in [-0.15, -0.1) is 0 Å². The molecular formula is C22H18ClN3OS.